The molecule has 0 aliphatic carbocycles. The SMILES string of the molecule is CCO[C@H](c1ccc(-c2ccccc2C(=O)O)cc1)c1ccc(C)c2nc(OC)cn12. The minimum Gasteiger partial charge on any atom is -0.480 e. The summed E-state index contributed by atoms with van der Waals surface area (Å²) in [6.45, 7) is 4.51. The lowest BCUT2D eigenvalue weighted by atomic mass is 9.97. The van der Waals surface area contributed by atoms with E-state index in [1.807, 2.05) is 73.0 Å². The van der Waals surface area contributed by atoms with Gasteiger partial charge < -0.3 is 14.6 Å². The van der Waals surface area contributed by atoms with Crippen molar-refractivity contribution >= 4 is 11.6 Å². The number of ether oxygens (including phenoxy) is 2. The van der Waals surface area contributed by atoms with Crippen LogP contribution in [0.15, 0.2) is 66.9 Å². The van der Waals surface area contributed by atoms with Crippen LogP contribution in [0.2, 0.25) is 0 Å². The molecule has 4 aromatic rings. The maximum Gasteiger partial charge on any atom is 0.336 e. The molecular formula is C25H24N2O4. The van der Waals surface area contributed by atoms with E-state index >= 15 is 0 Å². The molecule has 0 unspecified atom stereocenters. The summed E-state index contributed by atoms with van der Waals surface area (Å²) in [5.74, 6) is -0.394. The van der Waals surface area contributed by atoms with Crippen LogP contribution < -0.4 is 4.74 Å². The summed E-state index contributed by atoms with van der Waals surface area (Å²) >= 11 is 0. The molecule has 0 saturated heterocycles. The monoisotopic (exact) mass is 416 g/mol. The number of imidazole rings is 1. The lowest BCUT2D eigenvalue weighted by Gasteiger charge is -2.20. The topological polar surface area (TPSA) is 73.1 Å². The Balaban J connectivity index is 1.77. The fourth-order valence-corrected chi connectivity index (χ4v) is 3.79. The van der Waals surface area contributed by atoms with Crippen molar-refractivity contribution in [2.24, 2.45) is 0 Å². The third-order valence-electron chi connectivity index (χ3n) is 5.31. The second-order valence-corrected chi connectivity index (χ2v) is 7.23. The van der Waals surface area contributed by atoms with E-state index in [0.717, 1.165) is 28.0 Å². The molecule has 0 aliphatic rings. The third kappa shape index (κ3) is 3.90. The van der Waals surface area contributed by atoms with Crippen LogP contribution in [0.3, 0.4) is 0 Å². The Kier molecular flexibility index (Phi) is 5.73. The Morgan fingerprint density at radius 3 is 2.52 bits per heavy atom. The summed E-state index contributed by atoms with van der Waals surface area (Å²) in [5.41, 5.74) is 5.59. The van der Waals surface area contributed by atoms with E-state index in [1.165, 1.54) is 0 Å². The molecule has 158 valence electrons. The van der Waals surface area contributed by atoms with Gasteiger partial charge in [0.05, 0.1) is 24.6 Å². The number of hydrogen-bond acceptors (Lipinski definition) is 4. The largest absolute Gasteiger partial charge is 0.480 e. The molecular weight excluding hydrogens is 392 g/mol. The fourth-order valence-electron chi connectivity index (χ4n) is 3.79. The van der Waals surface area contributed by atoms with Crippen LogP contribution in [-0.4, -0.2) is 34.2 Å². The number of aromatic nitrogens is 2. The minimum absolute atomic E-state index is 0.280. The first-order valence-electron chi connectivity index (χ1n) is 10.1. The van der Waals surface area contributed by atoms with E-state index in [-0.39, 0.29) is 11.7 Å². The molecule has 4 rings (SSSR count). The molecule has 0 spiro atoms. The van der Waals surface area contributed by atoms with Crippen LogP contribution in [0.4, 0.5) is 0 Å². The molecule has 0 aliphatic heterocycles. The molecule has 1 atom stereocenters. The van der Waals surface area contributed by atoms with Crippen molar-refractivity contribution in [2.45, 2.75) is 20.0 Å². The average molecular weight is 416 g/mol. The first kappa shape index (κ1) is 20.6. The Morgan fingerprint density at radius 2 is 1.84 bits per heavy atom. The molecule has 6 nitrogen and oxygen atoms in total. The van der Waals surface area contributed by atoms with Gasteiger partial charge in [-0.05, 0) is 48.2 Å². The van der Waals surface area contributed by atoms with Gasteiger partial charge in [0.1, 0.15) is 11.8 Å². The molecule has 6 heteroatoms. The number of hydrogen-bond donors (Lipinski definition) is 1. The fraction of sp³-hybridized carbons (Fsp3) is 0.200. The number of aryl methyl sites for hydroxylation is 1. The maximum absolute atomic E-state index is 11.6. The second kappa shape index (κ2) is 8.62. The quantitative estimate of drug-likeness (QED) is 0.451. The highest BCUT2D eigenvalue weighted by Gasteiger charge is 2.20. The van der Waals surface area contributed by atoms with Crippen molar-refractivity contribution in [3.63, 3.8) is 0 Å². The van der Waals surface area contributed by atoms with Crippen molar-refractivity contribution < 1.29 is 19.4 Å². The number of carboxylic acid groups (broad SMARTS) is 1. The van der Waals surface area contributed by atoms with Gasteiger partial charge in [0.2, 0.25) is 5.88 Å². The summed E-state index contributed by atoms with van der Waals surface area (Å²) in [7, 11) is 1.60. The van der Waals surface area contributed by atoms with Crippen LogP contribution in [0.25, 0.3) is 16.8 Å². The van der Waals surface area contributed by atoms with Gasteiger partial charge in [0, 0.05) is 6.61 Å². The number of fused-ring (bicyclic) bond motifs is 1. The highest BCUT2D eigenvalue weighted by atomic mass is 16.5. The molecule has 0 radical (unpaired) electrons. The van der Waals surface area contributed by atoms with Crippen LogP contribution in [0, 0.1) is 6.92 Å². The number of nitrogens with zero attached hydrogens (tertiary/aromatic N) is 2. The highest BCUT2D eigenvalue weighted by molar-refractivity contribution is 5.96. The number of methoxy groups -OCH3 is 1. The molecule has 2 aromatic heterocycles. The summed E-state index contributed by atoms with van der Waals surface area (Å²) in [6, 6.07) is 18.9. The summed E-state index contributed by atoms with van der Waals surface area (Å²) < 4.78 is 13.5. The van der Waals surface area contributed by atoms with Gasteiger partial charge in [-0.3, -0.25) is 4.40 Å². The van der Waals surface area contributed by atoms with Gasteiger partial charge in [0.25, 0.3) is 0 Å². The Hall–Kier alpha value is -3.64. The Bertz CT molecular complexity index is 1230. The molecule has 1 N–H and O–H groups in total. The number of aromatic carboxylic acids is 1. The van der Waals surface area contributed by atoms with Gasteiger partial charge >= 0.3 is 5.97 Å². The van der Waals surface area contributed by atoms with E-state index in [2.05, 4.69) is 4.98 Å². The lowest BCUT2D eigenvalue weighted by molar-refractivity contribution is 0.0697. The molecule has 0 saturated carbocycles. The maximum atomic E-state index is 11.6. The van der Waals surface area contributed by atoms with Crippen molar-refractivity contribution in [2.75, 3.05) is 13.7 Å². The minimum atomic E-state index is -0.942. The highest BCUT2D eigenvalue weighted by Crippen LogP contribution is 2.31. The second-order valence-electron chi connectivity index (χ2n) is 7.23. The first-order chi connectivity index (χ1) is 15.0. The van der Waals surface area contributed by atoms with E-state index in [1.54, 1.807) is 19.2 Å². The molecule has 0 bridgehead atoms. The summed E-state index contributed by atoms with van der Waals surface area (Å²) in [5, 5.41) is 9.49. The smallest absolute Gasteiger partial charge is 0.336 e. The molecule has 2 heterocycles. The van der Waals surface area contributed by atoms with Gasteiger partial charge in [-0.2, -0.15) is 4.98 Å². The van der Waals surface area contributed by atoms with Crippen molar-refractivity contribution in [3.05, 3.63) is 89.2 Å². The zero-order chi connectivity index (χ0) is 22.0. The Morgan fingerprint density at radius 1 is 1.10 bits per heavy atom. The Labute approximate surface area is 180 Å². The number of carbonyl (C=O) groups is 1. The molecule has 31 heavy (non-hydrogen) atoms. The van der Waals surface area contributed by atoms with Crippen LogP contribution in [0.1, 0.15) is 40.2 Å². The number of benzene rings is 2. The number of pyridine rings is 1. The van der Waals surface area contributed by atoms with Crippen LogP contribution in [-0.2, 0) is 4.74 Å². The number of carboxylic acids is 1. The van der Waals surface area contributed by atoms with Gasteiger partial charge in [-0.25, -0.2) is 4.79 Å². The molecule has 0 amide bonds. The van der Waals surface area contributed by atoms with Crippen LogP contribution >= 0.6 is 0 Å². The van der Waals surface area contributed by atoms with E-state index in [4.69, 9.17) is 9.47 Å². The van der Waals surface area contributed by atoms with E-state index < -0.39 is 5.97 Å². The van der Waals surface area contributed by atoms with Crippen molar-refractivity contribution in [1.82, 2.24) is 9.38 Å². The number of rotatable bonds is 7. The normalized spacial score (nSPS) is 12.1. The van der Waals surface area contributed by atoms with Crippen LogP contribution in [0.5, 0.6) is 5.88 Å². The molecule has 0 fully saturated rings. The van der Waals surface area contributed by atoms with Gasteiger partial charge in [-0.15, -0.1) is 0 Å². The first-order valence-corrected chi connectivity index (χ1v) is 10.1. The van der Waals surface area contributed by atoms with E-state index in [0.29, 0.717) is 18.1 Å². The lowest BCUT2D eigenvalue weighted by Crippen LogP contribution is -2.11. The van der Waals surface area contributed by atoms with Gasteiger partial charge in [0.15, 0.2) is 0 Å². The standard InChI is InChI=1S/C25H24N2O4/c1-4-31-23(21-14-9-16(2)24-26-22(30-3)15-27(21)24)18-12-10-17(11-13-18)19-7-5-6-8-20(19)25(28)29/h5-15,23H,4H2,1-3H3,(H,28,29)/t23-/m1/s1. The van der Waals surface area contributed by atoms with Gasteiger partial charge in [-0.1, -0.05) is 48.5 Å². The van der Waals surface area contributed by atoms with Crippen molar-refractivity contribution in [3.8, 4) is 17.0 Å². The zero-order valence-corrected chi connectivity index (χ0v) is 17.7. The van der Waals surface area contributed by atoms with E-state index in [9.17, 15) is 9.90 Å². The predicted octanol–water partition coefficient (Wildman–Crippen LogP) is 5.14. The zero-order valence-electron chi connectivity index (χ0n) is 17.7. The molecule has 2 aromatic carbocycles. The third-order valence-corrected chi connectivity index (χ3v) is 5.31. The van der Waals surface area contributed by atoms with Crippen molar-refractivity contribution in [1.29, 1.82) is 0 Å². The summed E-state index contributed by atoms with van der Waals surface area (Å²) in [4.78, 5) is 16.1. The summed E-state index contributed by atoms with van der Waals surface area (Å²) in [6.07, 6.45) is 1.55. The predicted molar refractivity (Wildman–Crippen MR) is 119 cm³/mol. The average Bonchev–Trinajstić information content (AvgIpc) is 3.24.